The van der Waals surface area contributed by atoms with Crippen LogP contribution in [0.3, 0.4) is 0 Å². The van der Waals surface area contributed by atoms with Crippen molar-refractivity contribution in [1.29, 1.82) is 0 Å². The van der Waals surface area contributed by atoms with E-state index in [9.17, 15) is 19.2 Å². The summed E-state index contributed by atoms with van der Waals surface area (Å²) >= 11 is 5.84. The van der Waals surface area contributed by atoms with Crippen LogP contribution in [0.15, 0.2) is 0 Å². The zero-order chi connectivity index (χ0) is 21.4. The van der Waals surface area contributed by atoms with Gasteiger partial charge in [0.25, 0.3) is 0 Å². The van der Waals surface area contributed by atoms with Crippen molar-refractivity contribution in [2.75, 3.05) is 37.1 Å². The molecule has 2 rings (SSSR count). The summed E-state index contributed by atoms with van der Waals surface area (Å²) in [6, 6.07) is 0. The second-order valence-corrected chi connectivity index (χ2v) is 7.39. The van der Waals surface area contributed by atoms with Gasteiger partial charge >= 0.3 is 0 Å². The van der Waals surface area contributed by atoms with E-state index in [1.54, 1.807) is 0 Å². The van der Waals surface area contributed by atoms with Gasteiger partial charge in [0.2, 0.25) is 23.4 Å². The Labute approximate surface area is 173 Å². The number of likely N-dealkylation sites (N-methyl/N-ethyl adjacent to an activating group) is 1. The summed E-state index contributed by atoms with van der Waals surface area (Å²) in [5.74, 6) is -2.20. The van der Waals surface area contributed by atoms with E-state index in [2.05, 4.69) is 20.8 Å². The highest BCUT2D eigenvalue weighted by molar-refractivity contribution is 6.28. The maximum Gasteiger partial charge on any atom is 0.243 e. The zero-order valence-electron chi connectivity index (χ0n) is 16.1. The third-order valence-corrected chi connectivity index (χ3v) is 5.07. The van der Waals surface area contributed by atoms with Crippen LogP contribution < -0.4 is 15.8 Å². The fourth-order valence-electron chi connectivity index (χ4n) is 3.40. The molecule has 0 bridgehead atoms. The molecule has 2 amide bonds. The highest BCUT2D eigenvalue weighted by Crippen LogP contribution is 2.30. The first-order chi connectivity index (χ1) is 13.8. The molecule has 0 radical (unpaired) electrons. The van der Waals surface area contributed by atoms with Crippen molar-refractivity contribution in [3.63, 3.8) is 0 Å². The molecule has 0 spiro atoms. The Bertz CT molecular complexity index is 707. The molecule has 0 aromatic carbocycles. The van der Waals surface area contributed by atoms with Gasteiger partial charge in [-0.3, -0.25) is 25.6 Å². The van der Waals surface area contributed by atoms with E-state index in [0.29, 0.717) is 17.4 Å². The van der Waals surface area contributed by atoms with Crippen LogP contribution in [0.25, 0.3) is 0 Å². The molecule has 12 heteroatoms. The summed E-state index contributed by atoms with van der Waals surface area (Å²) < 4.78 is 14.7. The minimum atomic E-state index is -0.852. The Morgan fingerprint density at radius 1 is 1.41 bits per heavy atom. The smallest absolute Gasteiger partial charge is 0.243 e. The van der Waals surface area contributed by atoms with Gasteiger partial charge in [0, 0.05) is 13.6 Å². The number of carbonyl (C=O) groups is 2. The average Bonchev–Trinajstić information content (AvgIpc) is 3.20. The normalized spacial score (nSPS) is 15.1. The molecular weight excluding hydrogens is 407 g/mol. The van der Waals surface area contributed by atoms with Crippen LogP contribution in [0.1, 0.15) is 32.1 Å². The van der Waals surface area contributed by atoms with Crippen LogP contribution in [-0.2, 0) is 9.59 Å². The van der Waals surface area contributed by atoms with E-state index in [1.807, 2.05) is 0 Å². The molecule has 10 nitrogen and oxygen atoms in total. The molecule has 162 valence electrons. The molecule has 1 heterocycles. The molecule has 1 saturated carbocycles. The molecule has 1 atom stereocenters. The number of halogens is 2. The van der Waals surface area contributed by atoms with Gasteiger partial charge in [0.1, 0.15) is 0 Å². The average molecular weight is 433 g/mol. The Balaban J connectivity index is 2.08. The molecule has 4 N–H and O–H groups in total. The Hall–Kier alpha value is -2.24. The fraction of sp³-hybridized carbons (Fsp3) is 0.647. The lowest BCUT2D eigenvalue weighted by molar-refractivity contribution is -0.154. The monoisotopic (exact) mass is 432 g/mol. The maximum atomic E-state index is 14.7. The number of aliphatic hydroxyl groups is 1. The lowest BCUT2D eigenvalue weighted by Crippen LogP contribution is -2.41. The Kier molecular flexibility index (Phi) is 8.80. The van der Waals surface area contributed by atoms with Crippen molar-refractivity contribution in [2.45, 2.75) is 32.1 Å². The number of aliphatic hydroxyl groups excluding tert-OH is 1. The minimum Gasteiger partial charge on any atom is -0.395 e. The Morgan fingerprint density at radius 2 is 2.10 bits per heavy atom. The van der Waals surface area contributed by atoms with Crippen molar-refractivity contribution >= 4 is 35.6 Å². The molecule has 1 aromatic heterocycles. The number of hydrazine groups is 1. The molecule has 0 saturated heterocycles. The first kappa shape index (κ1) is 23.0. The zero-order valence-corrected chi connectivity index (χ0v) is 16.9. The topological polar surface area (TPSA) is 131 Å². The van der Waals surface area contributed by atoms with Crippen LogP contribution in [0.5, 0.6) is 0 Å². The second kappa shape index (κ2) is 11.1. The van der Waals surface area contributed by atoms with E-state index < -0.39 is 17.6 Å². The van der Waals surface area contributed by atoms with Gasteiger partial charge in [-0.1, -0.05) is 25.7 Å². The highest BCUT2D eigenvalue weighted by Gasteiger charge is 2.27. The highest BCUT2D eigenvalue weighted by atomic mass is 35.5. The first-order valence-corrected chi connectivity index (χ1v) is 9.75. The summed E-state index contributed by atoms with van der Waals surface area (Å²) in [4.78, 5) is 32.2. The molecule has 1 aromatic rings. The standard InChI is InChI=1S/C17H26ClFN6O4/c1-24(6-7-26)15-13(19)14(20-17(18)21-15)22-23-16(28)12(9-25(29)10-27)8-11-4-2-3-5-11/h10-12,26,29H,2-9H2,1H3,(H,23,28)(H,20,21,22)/t12-/m0/s1. The summed E-state index contributed by atoms with van der Waals surface area (Å²) in [5.41, 5.74) is 4.77. The van der Waals surface area contributed by atoms with Crippen molar-refractivity contribution in [1.82, 2.24) is 20.5 Å². The van der Waals surface area contributed by atoms with Crippen LogP contribution in [0.4, 0.5) is 16.0 Å². The molecule has 0 unspecified atom stereocenters. The number of hydrogen-bond donors (Lipinski definition) is 4. The fourth-order valence-corrected chi connectivity index (χ4v) is 3.57. The maximum absolute atomic E-state index is 14.7. The van der Waals surface area contributed by atoms with Crippen molar-refractivity contribution < 1.29 is 24.3 Å². The van der Waals surface area contributed by atoms with Crippen molar-refractivity contribution in [3.05, 3.63) is 11.1 Å². The number of hydroxylamine groups is 2. The number of hydrogen-bond acceptors (Lipinski definition) is 8. The van der Waals surface area contributed by atoms with Crippen LogP contribution in [-0.4, -0.2) is 64.4 Å². The molecule has 1 aliphatic carbocycles. The quantitative estimate of drug-likeness (QED) is 0.177. The SMILES string of the molecule is CN(CCO)c1nc(Cl)nc(NNC(=O)[C@@H](CC2CCCC2)CN(O)C=O)c1F. The number of nitrogens with one attached hydrogen (secondary N) is 2. The van der Waals surface area contributed by atoms with Crippen LogP contribution >= 0.6 is 11.6 Å². The molecule has 29 heavy (non-hydrogen) atoms. The van der Waals surface area contributed by atoms with Gasteiger partial charge < -0.3 is 10.0 Å². The molecule has 1 aliphatic rings. The van der Waals surface area contributed by atoms with E-state index >= 15 is 0 Å². The number of anilines is 2. The lowest BCUT2D eigenvalue weighted by Gasteiger charge is -2.23. The third-order valence-electron chi connectivity index (χ3n) is 4.90. The minimum absolute atomic E-state index is 0.123. The van der Waals surface area contributed by atoms with Gasteiger partial charge in [0.15, 0.2) is 11.6 Å². The van der Waals surface area contributed by atoms with Gasteiger partial charge in [-0.15, -0.1) is 0 Å². The van der Waals surface area contributed by atoms with Crippen molar-refractivity contribution in [3.8, 4) is 0 Å². The summed E-state index contributed by atoms with van der Waals surface area (Å²) in [7, 11) is 1.52. The van der Waals surface area contributed by atoms with Crippen LogP contribution in [0.2, 0.25) is 5.28 Å². The van der Waals surface area contributed by atoms with E-state index in [1.165, 1.54) is 11.9 Å². The van der Waals surface area contributed by atoms with Crippen molar-refractivity contribution in [2.24, 2.45) is 11.8 Å². The number of carbonyl (C=O) groups excluding carboxylic acids is 2. The lowest BCUT2D eigenvalue weighted by atomic mass is 9.92. The molecular formula is C17H26ClFN6O4. The summed E-state index contributed by atoms with van der Waals surface area (Å²) in [6.07, 6.45) is 4.87. The molecule has 1 fully saturated rings. The Morgan fingerprint density at radius 3 is 2.72 bits per heavy atom. The number of nitrogens with zero attached hydrogens (tertiary/aromatic N) is 4. The summed E-state index contributed by atoms with van der Waals surface area (Å²) in [5, 5.41) is 18.7. The van der Waals surface area contributed by atoms with E-state index in [4.69, 9.17) is 16.7 Å². The van der Waals surface area contributed by atoms with E-state index in [0.717, 1.165) is 25.7 Å². The second-order valence-electron chi connectivity index (χ2n) is 7.05. The van der Waals surface area contributed by atoms with Crippen LogP contribution in [0, 0.1) is 17.7 Å². The largest absolute Gasteiger partial charge is 0.395 e. The number of rotatable bonds is 11. The molecule has 0 aliphatic heterocycles. The summed E-state index contributed by atoms with van der Waals surface area (Å²) in [6.45, 7) is -0.267. The third kappa shape index (κ3) is 6.65. The van der Waals surface area contributed by atoms with E-state index in [-0.39, 0.29) is 43.0 Å². The first-order valence-electron chi connectivity index (χ1n) is 9.37. The number of amides is 2. The van der Waals surface area contributed by atoms with Gasteiger partial charge in [-0.25, -0.2) is 5.06 Å². The van der Waals surface area contributed by atoms with Gasteiger partial charge in [-0.2, -0.15) is 14.4 Å². The predicted molar refractivity (Wildman–Crippen MR) is 104 cm³/mol. The van der Waals surface area contributed by atoms with Gasteiger partial charge in [-0.05, 0) is 23.9 Å². The number of aromatic nitrogens is 2. The predicted octanol–water partition coefficient (Wildman–Crippen LogP) is 1.18. The van der Waals surface area contributed by atoms with Gasteiger partial charge in [0.05, 0.1) is 19.1 Å².